The lowest BCUT2D eigenvalue weighted by Crippen LogP contribution is -2.53. The van der Waals surface area contributed by atoms with Gasteiger partial charge < -0.3 is 19.9 Å². The second kappa shape index (κ2) is 8.93. The van der Waals surface area contributed by atoms with Gasteiger partial charge in [0.25, 0.3) is 0 Å². The quantitative estimate of drug-likeness (QED) is 0.449. The molecule has 0 bridgehead atoms. The standard InChI is InChI=1S/C15H24N4OS.HI/c1-16-15(17-12-13-4-2-10-20-13)19-8-6-18(7-9-19)14-5-3-11-21-14;/h3,5,11,13H,2,4,6-10,12H2,1H3,(H,16,17);1H. The zero-order valence-corrected chi connectivity index (χ0v) is 16.2. The first-order valence-electron chi connectivity index (χ1n) is 7.72. The van der Waals surface area contributed by atoms with E-state index in [2.05, 4.69) is 37.6 Å². The molecule has 5 nitrogen and oxygen atoms in total. The molecule has 0 saturated carbocycles. The molecule has 7 heteroatoms. The first-order chi connectivity index (χ1) is 10.4. The van der Waals surface area contributed by atoms with E-state index in [1.165, 1.54) is 11.4 Å². The van der Waals surface area contributed by atoms with Crippen LogP contribution in [0.3, 0.4) is 0 Å². The molecule has 0 spiro atoms. The average Bonchev–Trinajstić information content (AvgIpc) is 3.22. The average molecular weight is 436 g/mol. The number of anilines is 1. The highest BCUT2D eigenvalue weighted by Crippen LogP contribution is 2.22. The van der Waals surface area contributed by atoms with Crippen molar-refractivity contribution in [3.05, 3.63) is 17.5 Å². The SMILES string of the molecule is CN=C(NCC1CCCO1)N1CCN(c2cccs2)CC1.I. The molecule has 0 amide bonds. The Labute approximate surface area is 153 Å². The summed E-state index contributed by atoms with van der Waals surface area (Å²) in [7, 11) is 1.86. The van der Waals surface area contributed by atoms with Crippen molar-refractivity contribution in [3.8, 4) is 0 Å². The Bertz CT molecular complexity index is 454. The summed E-state index contributed by atoms with van der Waals surface area (Å²) in [6.45, 7) is 5.93. The van der Waals surface area contributed by atoms with Crippen LogP contribution in [0.25, 0.3) is 0 Å². The van der Waals surface area contributed by atoms with Crippen molar-refractivity contribution in [2.75, 3.05) is 51.3 Å². The highest BCUT2D eigenvalue weighted by Gasteiger charge is 2.21. The molecular weight excluding hydrogens is 411 g/mol. The molecule has 2 saturated heterocycles. The van der Waals surface area contributed by atoms with Crippen LogP contribution in [0.1, 0.15) is 12.8 Å². The Kier molecular flexibility index (Phi) is 7.23. The molecule has 124 valence electrons. The molecule has 1 aromatic heterocycles. The molecule has 3 rings (SSSR count). The summed E-state index contributed by atoms with van der Waals surface area (Å²) in [4.78, 5) is 9.22. The normalized spacial score (nSPS) is 22.6. The molecule has 3 heterocycles. The number of guanidine groups is 1. The van der Waals surface area contributed by atoms with E-state index in [0.29, 0.717) is 6.10 Å². The third kappa shape index (κ3) is 4.48. The van der Waals surface area contributed by atoms with Crippen molar-refractivity contribution in [2.24, 2.45) is 4.99 Å². The van der Waals surface area contributed by atoms with Gasteiger partial charge in [-0.1, -0.05) is 0 Å². The zero-order valence-electron chi connectivity index (χ0n) is 13.0. The van der Waals surface area contributed by atoms with Crippen LogP contribution in [0.15, 0.2) is 22.5 Å². The highest BCUT2D eigenvalue weighted by atomic mass is 127. The van der Waals surface area contributed by atoms with Crippen LogP contribution in [0.5, 0.6) is 0 Å². The van der Waals surface area contributed by atoms with Crippen molar-refractivity contribution < 1.29 is 4.74 Å². The largest absolute Gasteiger partial charge is 0.376 e. The third-order valence-electron chi connectivity index (χ3n) is 4.12. The first-order valence-corrected chi connectivity index (χ1v) is 8.60. The smallest absolute Gasteiger partial charge is 0.193 e. The molecule has 1 N–H and O–H groups in total. The van der Waals surface area contributed by atoms with Gasteiger partial charge in [-0.25, -0.2) is 0 Å². The van der Waals surface area contributed by atoms with Crippen LogP contribution in [0.4, 0.5) is 5.00 Å². The molecule has 0 aromatic carbocycles. The lowest BCUT2D eigenvalue weighted by Gasteiger charge is -2.37. The van der Waals surface area contributed by atoms with Gasteiger partial charge in [0.1, 0.15) is 0 Å². The molecule has 2 fully saturated rings. The minimum atomic E-state index is 0. The summed E-state index contributed by atoms with van der Waals surface area (Å²) < 4.78 is 5.66. The van der Waals surface area contributed by atoms with Crippen LogP contribution < -0.4 is 10.2 Å². The van der Waals surface area contributed by atoms with Gasteiger partial charge in [-0.05, 0) is 30.4 Å². The van der Waals surface area contributed by atoms with E-state index >= 15 is 0 Å². The minimum Gasteiger partial charge on any atom is -0.376 e. The summed E-state index contributed by atoms with van der Waals surface area (Å²) in [6, 6.07) is 4.32. The number of nitrogens with one attached hydrogen (secondary N) is 1. The van der Waals surface area contributed by atoms with Gasteiger partial charge in [0.05, 0.1) is 11.1 Å². The first kappa shape index (κ1) is 17.8. The number of aliphatic imine (C=N–C) groups is 1. The molecule has 22 heavy (non-hydrogen) atoms. The summed E-state index contributed by atoms with van der Waals surface area (Å²) in [6.07, 6.45) is 2.70. The number of hydrogen-bond donors (Lipinski definition) is 1. The molecule has 2 aliphatic heterocycles. The zero-order chi connectivity index (χ0) is 14.5. The monoisotopic (exact) mass is 436 g/mol. The van der Waals surface area contributed by atoms with Crippen molar-refractivity contribution in [3.63, 3.8) is 0 Å². The Morgan fingerprint density at radius 3 is 2.82 bits per heavy atom. The Balaban J connectivity index is 0.00000176. The van der Waals surface area contributed by atoms with E-state index in [1.54, 1.807) is 0 Å². The van der Waals surface area contributed by atoms with E-state index < -0.39 is 0 Å². The second-order valence-corrected chi connectivity index (χ2v) is 6.41. The van der Waals surface area contributed by atoms with Gasteiger partial charge in [-0.3, -0.25) is 4.99 Å². The summed E-state index contributed by atoms with van der Waals surface area (Å²) in [5.74, 6) is 1.01. The van der Waals surface area contributed by atoms with E-state index in [1.807, 2.05) is 18.4 Å². The summed E-state index contributed by atoms with van der Waals surface area (Å²) >= 11 is 1.82. The minimum absolute atomic E-state index is 0. The fourth-order valence-electron chi connectivity index (χ4n) is 2.93. The maximum atomic E-state index is 5.66. The lowest BCUT2D eigenvalue weighted by atomic mass is 10.2. The van der Waals surface area contributed by atoms with Gasteiger partial charge in [-0.15, -0.1) is 35.3 Å². The Hall–Kier alpha value is -0.540. The number of thiophene rings is 1. The van der Waals surface area contributed by atoms with Crippen LogP contribution in [-0.2, 0) is 4.74 Å². The van der Waals surface area contributed by atoms with Crippen molar-refractivity contribution in [1.29, 1.82) is 0 Å². The Morgan fingerprint density at radius 2 is 2.23 bits per heavy atom. The number of nitrogens with zero attached hydrogens (tertiary/aromatic N) is 3. The maximum Gasteiger partial charge on any atom is 0.193 e. The van der Waals surface area contributed by atoms with Crippen molar-refractivity contribution in [1.82, 2.24) is 10.2 Å². The van der Waals surface area contributed by atoms with E-state index in [9.17, 15) is 0 Å². The van der Waals surface area contributed by atoms with Gasteiger partial charge in [-0.2, -0.15) is 0 Å². The molecule has 0 aliphatic carbocycles. The molecule has 1 atom stereocenters. The van der Waals surface area contributed by atoms with E-state index in [4.69, 9.17) is 4.74 Å². The lowest BCUT2D eigenvalue weighted by molar-refractivity contribution is 0.113. The number of ether oxygens (including phenoxy) is 1. The fourth-order valence-corrected chi connectivity index (χ4v) is 3.72. The highest BCUT2D eigenvalue weighted by molar-refractivity contribution is 14.0. The number of hydrogen-bond acceptors (Lipinski definition) is 4. The molecule has 1 aromatic rings. The van der Waals surface area contributed by atoms with E-state index in [0.717, 1.165) is 51.7 Å². The molecule has 0 radical (unpaired) electrons. The summed E-state index contributed by atoms with van der Waals surface area (Å²) in [5, 5.41) is 6.98. The topological polar surface area (TPSA) is 40.1 Å². The predicted molar refractivity (Wildman–Crippen MR) is 104 cm³/mol. The molecular formula is C15H25IN4OS. The van der Waals surface area contributed by atoms with Crippen molar-refractivity contribution in [2.45, 2.75) is 18.9 Å². The van der Waals surface area contributed by atoms with Crippen molar-refractivity contribution >= 4 is 46.3 Å². The second-order valence-electron chi connectivity index (χ2n) is 5.49. The van der Waals surface area contributed by atoms with Gasteiger partial charge in [0, 0.05) is 46.4 Å². The predicted octanol–water partition coefficient (Wildman–Crippen LogP) is 2.24. The summed E-state index contributed by atoms with van der Waals surface area (Å²) in [5.41, 5.74) is 0. The van der Waals surface area contributed by atoms with Crippen LogP contribution >= 0.6 is 35.3 Å². The van der Waals surface area contributed by atoms with Crippen LogP contribution in [0, 0.1) is 0 Å². The Morgan fingerprint density at radius 1 is 1.41 bits per heavy atom. The third-order valence-corrected chi connectivity index (χ3v) is 5.05. The molecule has 2 aliphatic rings. The fraction of sp³-hybridized carbons (Fsp3) is 0.667. The maximum absolute atomic E-state index is 5.66. The molecule has 1 unspecified atom stereocenters. The van der Waals surface area contributed by atoms with Gasteiger partial charge in [0.2, 0.25) is 0 Å². The van der Waals surface area contributed by atoms with E-state index in [-0.39, 0.29) is 24.0 Å². The number of rotatable bonds is 3. The number of halogens is 1. The van der Waals surface area contributed by atoms with Crippen LogP contribution in [0.2, 0.25) is 0 Å². The van der Waals surface area contributed by atoms with Crippen LogP contribution in [-0.4, -0.2) is 63.3 Å². The van der Waals surface area contributed by atoms with Gasteiger partial charge >= 0.3 is 0 Å². The number of piperazine rings is 1. The van der Waals surface area contributed by atoms with Gasteiger partial charge in [0.15, 0.2) is 5.96 Å².